The van der Waals surface area contributed by atoms with Crippen LogP contribution in [0.4, 0.5) is 0 Å². The summed E-state index contributed by atoms with van der Waals surface area (Å²) in [4.78, 5) is 2.36. The molecule has 1 saturated heterocycles. The van der Waals surface area contributed by atoms with Crippen molar-refractivity contribution in [1.82, 2.24) is 4.90 Å². The molecule has 0 radical (unpaired) electrons. The molecule has 0 aliphatic carbocycles. The molecule has 3 heteroatoms. The molecule has 1 N–H and O–H groups in total. The van der Waals surface area contributed by atoms with Crippen molar-refractivity contribution in [2.45, 2.75) is 25.5 Å². The lowest BCUT2D eigenvalue weighted by Crippen LogP contribution is -2.44. The first-order valence-electron chi connectivity index (χ1n) is 7.89. The van der Waals surface area contributed by atoms with Crippen LogP contribution in [0.15, 0.2) is 59.1 Å². The predicted octanol–water partition coefficient (Wildman–Crippen LogP) is 3.87. The van der Waals surface area contributed by atoms with Crippen molar-refractivity contribution in [1.29, 1.82) is 0 Å². The maximum Gasteiger partial charge on any atom is 0.0699 e. The van der Waals surface area contributed by atoms with Gasteiger partial charge in [-0.2, -0.15) is 0 Å². The fraction of sp³-hybridized carbons (Fsp3) is 0.368. The summed E-state index contributed by atoms with van der Waals surface area (Å²) < 4.78 is 1.11. The van der Waals surface area contributed by atoms with Gasteiger partial charge in [-0.15, -0.1) is 0 Å². The molecule has 2 aromatic rings. The molecule has 1 aliphatic rings. The Labute approximate surface area is 140 Å². The van der Waals surface area contributed by atoms with E-state index in [1.54, 1.807) is 0 Å². The third kappa shape index (κ3) is 4.19. The second-order valence-electron chi connectivity index (χ2n) is 6.17. The van der Waals surface area contributed by atoms with E-state index in [9.17, 15) is 5.11 Å². The molecule has 1 heterocycles. The summed E-state index contributed by atoms with van der Waals surface area (Å²) in [6.07, 6.45) is 1.79. The van der Waals surface area contributed by atoms with Gasteiger partial charge in [-0.1, -0.05) is 58.4 Å². The van der Waals surface area contributed by atoms with Gasteiger partial charge >= 0.3 is 0 Å². The topological polar surface area (TPSA) is 23.5 Å². The molecule has 1 fully saturated rings. The number of aliphatic hydroxyl groups is 1. The van der Waals surface area contributed by atoms with Crippen LogP contribution in [0, 0.1) is 5.92 Å². The van der Waals surface area contributed by atoms with E-state index in [4.69, 9.17) is 0 Å². The maximum absolute atomic E-state index is 10.5. The van der Waals surface area contributed by atoms with Crippen molar-refractivity contribution in [2.75, 3.05) is 13.1 Å². The van der Waals surface area contributed by atoms with Gasteiger partial charge in [0.15, 0.2) is 0 Å². The second-order valence-corrected chi connectivity index (χ2v) is 7.08. The fourth-order valence-corrected chi connectivity index (χ4v) is 3.46. The van der Waals surface area contributed by atoms with E-state index >= 15 is 0 Å². The first-order chi connectivity index (χ1) is 10.7. The van der Waals surface area contributed by atoms with E-state index in [0.29, 0.717) is 5.92 Å². The molecule has 1 aliphatic heterocycles. The number of halogens is 1. The quantitative estimate of drug-likeness (QED) is 0.895. The third-order valence-electron chi connectivity index (χ3n) is 4.47. The summed E-state index contributed by atoms with van der Waals surface area (Å²) in [5, 5.41) is 10.5. The summed E-state index contributed by atoms with van der Waals surface area (Å²) in [6, 6.07) is 18.9. The fourth-order valence-electron chi connectivity index (χ4n) is 3.19. The largest absolute Gasteiger partial charge is 0.391 e. The van der Waals surface area contributed by atoms with E-state index in [-0.39, 0.29) is 6.10 Å². The third-order valence-corrected chi connectivity index (χ3v) is 4.99. The maximum atomic E-state index is 10.5. The highest BCUT2D eigenvalue weighted by molar-refractivity contribution is 9.10. The summed E-state index contributed by atoms with van der Waals surface area (Å²) in [5.74, 6) is 0.369. The molecule has 0 bridgehead atoms. The van der Waals surface area contributed by atoms with Crippen LogP contribution in [-0.4, -0.2) is 29.2 Å². The van der Waals surface area contributed by atoms with Crippen LogP contribution in [0.25, 0.3) is 0 Å². The van der Waals surface area contributed by atoms with Crippen molar-refractivity contribution < 1.29 is 5.11 Å². The number of aliphatic hydroxyl groups excluding tert-OH is 1. The average molecular weight is 360 g/mol. The van der Waals surface area contributed by atoms with Crippen LogP contribution in [0.5, 0.6) is 0 Å². The van der Waals surface area contributed by atoms with Crippen LogP contribution in [0.3, 0.4) is 0 Å². The normalized spacial score (nSPS) is 22.6. The summed E-state index contributed by atoms with van der Waals surface area (Å²) >= 11 is 3.47. The lowest BCUT2D eigenvalue weighted by molar-refractivity contribution is 0.0187. The highest BCUT2D eigenvalue weighted by atomic mass is 79.9. The molecule has 2 aromatic carbocycles. The lowest BCUT2D eigenvalue weighted by atomic mass is 9.88. The number of piperidine rings is 1. The molecular formula is C19H22BrNO. The number of hydrogen-bond donors (Lipinski definition) is 1. The number of likely N-dealkylation sites (tertiary alicyclic amines) is 1. The highest BCUT2D eigenvalue weighted by Crippen LogP contribution is 2.24. The zero-order chi connectivity index (χ0) is 15.4. The lowest BCUT2D eigenvalue weighted by Gasteiger charge is -2.36. The van der Waals surface area contributed by atoms with Crippen LogP contribution in [0.2, 0.25) is 0 Å². The zero-order valence-corrected chi connectivity index (χ0v) is 14.2. The van der Waals surface area contributed by atoms with Crippen molar-refractivity contribution in [2.24, 2.45) is 5.92 Å². The molecule has 22 heavy (non-hydrogen) atoms. The Morgan fingerprint density at radius 2 is 1.73 bits per heavy atom. The molecule has 0 spiro atoms. The summed E-state index contributed by atoms with van der Waals surface area (Å²) in [6.45, 7) is 2.77. The van der Waals surface area contributed by atoms with Gasteiger partial charge in [0.2, 0.25) is 0 Å². The first kappa shape index (κ1) is 15.7. The molecule has 116 valence electrons. The molecule has 2 nitrogen and oxygen atoms in total. The van der Waals surface area contributed by atoms with Gasteiger partial charge in [0.05, 0.1) is 6.10 Å². The first-order valence-corrected chi connectivity index (χ1v) is 8.69. The standard InChI is InChI=1S/C19H22BrNO/c20-18-8-6-15(7-9-18)12-17-10-11-21(14-19(17)22)13-16-4-2-1-3-5-16/h1-9,17,19,22H,10-14H2/t17-,19+/m1/s1. The molecular weight excluding hydrogens is 338 g/mol. The van der Waals surface area contributed by atoms with Crippen molar-refractivity contribution in [3.8, 4) is 0 Å². The Balaban J connectivity index is 1.54. The van der Waals surface area contributed by atoms with Gasteiger partial charge in [-0.3, -0.25) is 4.90 Å². The Bertz CT molecular complexity index is 584. The van der Waals surface area contributed by atoms with Gasteiger partial charge in [-0.05, 0) is 48.6 Å². The van der Waals surface area contributed by atoms with E-state index in [2.05, 4.69) is 69.4 Å². The van der Waals surface area contributed by atoms with Gasteiger partial charge in [0.25, 0.3) is 0 Å². The minimum atomic E-state index is -0.235. The smallest absolute Gasteiger partial charge is 0.0699 e. The van der Waals surface area contributed by atoms with Crippen LogP contribution >= 0.6 is 15.9 Å². The van der Waals surface area contributed by atoms with Gasteiger partial charge in [0, 0.05) is 17.6 Å². The minimum Gasteiger partial charge on any atom is -0.391 e. The van der Waals surface area contributed by atoms with E-state index in [1.807, 2.05) is 6.07 Å². The summed E-state index contributed by atoms with van der Waals surface area (Å²) in [5.41, 5.74) is 2.63. The van der Waals surface area contributed by atoms with Crippen LogP contribution in [-0.2, 0) is 13.0 Å². The predicted molar refractivity (Wildman–Crippen MR) is 93.7 cm³/mol. The minimum absolute atomic E-state index is 0.235. The number of benzene rings is 2. The van der Waals surface area contributed by atoms with Crippen LogP contribution in [0.1, 0.15) is 17.5 Å². The molecule has 0 unspecified atom stereocenters. The van der Waals surface area contributed by atoms with E-state index in [0.717, 1.165) is 36.9 Å². The number of hydrogen-bond acceptors (Lipinski definition) is 2. The number of nitrogens with zero attached hydrogens (tertiary/aromatic N) is 1. The molecule has 2 atom stereocenters. The van der Waals surface area contributed by atoms with Crippen molar-refractivity contribution >= 4 is 15.9 Å². The van der Waals surface area contributed by atoms with Gasteiger partial charge < -0.3 is 5.11 Å². The molecule has 0 saturated carbocycles. The van der Waals surface area contributed by atoms with E-state index < -0.39 is 0 Å². The van der Waals surface area contributed by atoms with Crippen molar-refractivity contribution in [3.05, 3.63) is 70.2 Å². The van der Waals surface area contributed by atoms with E-state index in [1.165, 1.54) is 11.1 Å². The number of rotatable bonds is 4. The number of β-amino-alcohol motifs (C(OH)–C–C–N with tert-alkyl or cyclic N) is 1. The SMILES string of the molecule is O[C@H]1CN(Cc2ccccc2)CC[C@@H]1Cc1ccc(Br)cc1. The monoisotopic (exact) mass is 359 g/mol. The molecule has 3 rings (SSSR count). The summed E-state index contributed by atoms with van der Waals surface area (Å²) in [7, 11) is 0. The Morgan fingerprint density at radius 1 is 1.00 bits per heavy atom. The second kappa shape index (κ2) is 7.40. The Hall–Kier alpha value is -1.16. The molecule has 0 amide bonds. The van der Waals surface area contributed by atoms with Gasteiger partial charge in [0.1, 0.15) is 0 Å². The average Bonchev–Trinajstić information content (AvgIpc) is 2.53. The van der Waals surface area contributed by atoms with Crippen molar-refractivity contribution in [3.63, 3.8) is 0 Å². The Kier molecular flexibility index (Phi) is 5.29. The molecule has 0 aromatic heterocycles. The zero-order valence-electron chi connectivity index (χ0n) is 12.7. The van der Waals surface area contributed by atoms with Gasteiger partial charge in [-0.25, -0.2) is 0 Å². The highest BCUT2D eigenvalue weighted by Gasteiger charge is 2.27. The van der Waals surface area contributed by atoms with Crippen LogP contribution < -0.4 is 0 Å². The Morgan fingerprint density at radius 3 is 2.41 bits per heavy atom.